The molecule has 0 N–H and O–H groups in total. The van der Waals surface area contributed by atoms with Gasteiger partial charge >= 0.3 is 0 Å². The zero-order valence-corrected chi connectivity index (χ0v) is 19.4. The smallest absolute Gasteiger partial charge is 0.176 e. The molecule has 0 fully saturated rings. The van der Waals surface area contributed by atoms with Gasteiger partial charge in [-0.05, 0) is 0 Å². The van der Waals surface area contributed by atoms with E-state index in [0.29, 0.717) is 6.42 Å². The van der Waals surface area contributed by atoms with Crippen LogP contribution in [0.5, 0.6) is 0 Å². The van der Waals surface area contributed by atoms with Crippen molar-refractivity contribution in [2.75, 3.05) is 5.33 Å². The maximum atomic E-state index is 5.24. The molecule has 4 rings (SSSR count). The molecular weight excluding hydrogens is 454 g/mol. The molecule has 31 heavy (non-hydrogen) atoms. The van der Waals surface area contributed by atoms with Crippen LogP contribution in [0.3, 0.4) is 0 Å². The van der Waals surface area contributed by atoms with E-state index in [9.17, 15) is 0 Å². The number of rotatable bonds is 5. The third-order valence-corrected chi connectivity index (χ3v) is 4.60. The predicted molar refractivity (Wildman–Crippen MR) is 129 cm³/mol. The second-order valence-electron chi connectivity index (χ2n) is 6.43. The van der Waals surface area contributed by atoms with E-state index < -0.39 is 0 Å². The number of hydrogen-bond acceptors (Lipinski definition) is 4. The van der Waals surface area contributed by atoms with Crippen LogP contribution in [0.4, 0.5) is 0 Å². The SMILES string of the molecule is C#CCCBr.C#CCCn1ccnc1-c1nccn1C.Cn1ccnc1C1=NC=CC1. The number of halogens is 1. The van der Waals surface area contributed by atoms with Crippen molar-refractivity contribution in [3.05, 3.63) is 55.3 Å². The second-order valence-corrected chi connectivity index (χ2v) is 7.22. The van der Waals surface area contributed by atoms with Crippen LogP contribution >= 0.6 is 15.9 Å². The summed E-state index contributed by atoms with van der Waals surface area (Å²) in [6.45, 7) is 0.776. The van der Waals surface area contributed by atoms with Gasteiger partial charge in [0.2, 0.25) is 0 Å². The maximum absolute atomic E-state index is 5.24. The first-order valence-corrected chi connectivity index (χ1v) is 10.9. The van der Waals surface area contributed by atoms with Crippen molar-refractivity contribution in [1.29, 1.82) is 0 Å². The highest BCUT2D eigenvalue weighted by molar-refractivity contribution is 9.09. The minimum absolute atomic E-state index is 0.702. The number of alkyl halides is 1. The molecule has 0 atom stereocenters. The van der Waals surface area contributed by atoms with Crippen molar-refractivity contribution >= 4 is 21.6 Å². The Morgan fingerprint density at radius 2 is 1.52 bits per heavy atom. The molecule has 7 nitrogen and oxygen atoms in total. The summed E-state index contributed by atoms with van der Waals surface area (Å²) >= 11 is 3.17. The molecule has 160 valence electrons. The number of aromatic nitrogens is 6. The Morgan fingerprint density at radius 1 is 0.903 bits per heavy atom. The Hall–Kier alpha value is -3.36. The molecule has 8 heteroatoms. The van der Waals surface area contributed by atoms with Crippen LogP contribution in [0.15, 0.2) is 54.4 Å². The van der Waals surface area contributed by atoms with E-state index >= 15 is 0 Å². The molecule has 0 unspecified atom stereocenters. The van der Waals surface area contributed by atoms with Crippen molar-refractivity contribution in [2.24, 2.45) is 19.1 Å². The Bertz CT molecular complexity index is 1090. The van der Waals surface area contributed by atoms with Crippen molar-refractivity contribution < 1.29 is 0 Å². The van der Waals surface area contributed by atoms with Gasteiger partial charge in [-0.25, -0.2) is 15.0 Å². The fourth-order valence-corrected chi connectivity index (χ4v) is 2.90. The Kier molecular flexibility index (Phi) is 10.1. The normalized spacial score (nSPS) is 11.5. The first-order chi connectivity index (χ1) is 15.1. The molecule has 0 spiro atoms. The first kappa shape index (κ1) is 23.9. The molecule has 0 saturated carbocycles. The van der Waals surface area contributed by atoms with E-state index in [1.54, 1.807) is 18.6 Å². The average molecular weight is 480 g/mol. The molecule has 3 aromatic rings. The first-order valence-electron chi connectivity index (χ1n) is 9.73. The summed E-state index contributed by atoms with van der Waals surface area (Å²) in [7, 11) is 3.92. The largest absolute Gasteiger partial charge is 0.333 e. The number of imidazole rings is 3. The van der Waals surface area contributed by atoms with Crippen LogP contribution in [0.2, 0.25) is 0 Å². The summed E-state index contributed by atoms with van der Waals surface area (Å²) in [5, 5.41) is 0.920. The third kappa shape index (κ3) is 7.13. The molecule has 0 aromatic carbocycles. The van der Waals surface area contributed by atoms with E-state index in [1.165, 1.54) is 0 Å². The topological polar surface area (TPSA) is 65.8 Å². The fraction of sp³-hybridized carbons (Fsp3) is 0.304. The predicted octanol–water partition coefficient (Wildman–Crippen LogP) is 3.84. The summed E-state index contributed by atoms with van der Waals surface area (Å²) in [6.07, 6.45) is 27.5. The lowest BCUT2D eigenvalue weighted by Gasteiger charge is -2.05. The van der Waals surface area contributed by atoms with Gasteiger partial charge in [0.05, 0.1) is 5.71 Å². The molecule has 0 amide bonds. The van der Waals surface area contributed by atoms with Crippen molar-refractivity contribution in [1.82, 2.24) is 28.7 Å². The third-order valence-electron chi connectivity index (χ3n) is 4.20. The summed E-state index contributed by atoms with van der Waals surface area (Å²) in [5.74, 6) is 7.77. The zero-order valence-electron chi connectivity index (χ0n) is 17.8. The van der Waals surface area contributed by atoms with E-state index in [2.05, 4.69) is 47.7 Å². The highest BCUT2D eigenvalue weighted by atomic mass is 79.9. The van der Waals surface area contributed by atoms with Crippen molar-refractivity contribution in [3.63, 3.8) is 0 Å². The number of allylic oxidation sites excluding steroid dienone is 1. The molecule has 4 heterocycles. The summed E-state index contributed by atoms with van der Waals surface area (Å²) in [5.41, 5.74) is 1.05. The molecular formula is C23H26BrN7. The van der Waals surface area contributed by atoms with Crippen molar-refractivity contribution in [3.8, 4) is 36.3 Å². The Morgan fingerprint density at radius 3 is 2.00 bits per heavy atom. The van der Waals surface area contributed by atoms with E-state index in [1.807, 2.05) is 58.7 Å². The Balaban J connectivity index is 0.000000187. The Labute approximate surface area is 192 Å². The van der Waals surface area contributed by atoms with Gasteiger partial charge in [0.25, 0.3) is 0 Å². The van der Waals surface area contributed by atoms with Crippen LogP contribution in [-0.2, 0) is 20.6 Å². The zero-order chi connectivity index (χ0) is 22.5. The van der Waals surface area contributed by atoms with Gasteiger partial charge in [0, 0.05) is 88.6 Å². The van der Waals surface area contributed by atoms with E-state index in [-0.39, 0.29) is 0 Å². The number of hydrogen-bond donors (Lipinski definition) is 0. The van der Waals surface area contributed by atoms with Crippen LogP contribution in [0.25, 0.3) is 11.6 Å². The number of aryl methyl sites for hydroxylation is 3. The van der Waals surface area contributed by atoms with Gasteiger partial charge < -0.3 is 13.7 Å². The summed E-state index contributed by atoms with van der Waals surface area (Å²) < 4.78 is 5.93. The van der Waals surface area contributed by atoms with Gasteiger partial charge in [-0.15, -0.1) is 24.7 Å². The average Bonchev–Trinajstić information content (AvgIpc) is 3.56. The maximum Gasteiger partial charge on any atom is 0.176 e. The van der Waals surface area contributed by atoms with E-state index in [0.717, 1.165) is 47.9 Å². The van der Waals surface area contributed by atoms with Gasteiger partial charge in [-0.3, -0.25) is 4.99 Å². The quantitative estimate of drug-likeness (QED) is 0.412. The highest BCUT2D eigenvalue weighted by Gasteiger charge is 2.09. The highest BCUT2D eigenvalue weighted by Crippen LogP contribution is 2.14. The second kappa shape index (κ2) is 13.0. The lowest BCUT2D eigenvalue weighted by molar-refractivity contribution is 0.717. The molecule has 0 saturated heterocycles. The number of terminal acetylenes is 2. The van der Waals surface area contributed by atoms with Gasteiger partial charge in [-0.1, -0.05) is 22.0 Å². The molecule has 1 aliphatic heterocycles. The van der Waals surface area contributed by atoms with Gasteiger partial charge in [0.15, 0.2) is 17.5 Å². The monoisotopic (exact) mass is 479 g/mol. The lowest BCUT2D eigenvalue weighted by Crippen LogP contribution is -2.05. The van der Waals surface area contributed by atoms with Gasteiger partial charge in [-0.2, -0.15) is 0 Å². The van der Waals surface area contributed by atoms with Crippen LogP contribution in [0, 0.1) is 24.7 Å². The van der Waals surface area contributed by atoms with E-state index in [4.69, 9.17) is 12.8 Å². The lowest BCUT2D eigenvalue weighted by atomic mass is 10.3. The summed E-state index contributed by atoms with van der Waals surface area (Å²) in [6, 6.07) is 0. The molecule has 3 aromatic heterocycles. The molecule has 0 radical (unpaired) electrons. The molecule has 1 aliphatic rings. The number of nitrogens with zero attached hydrogens (tertiary/aromatic N) is 7. The summed E-state index contributed by atoms with van der Waals surface area (Å²) in [4.78, 5) is 16.9. The van der Waals surface area contributed by atoms with Gasteiger partial charge in [0.1, 0.15) is 0 Å². The molecule has 0 bridgehead atoms. The van der Waals surface area contributed by atoms with Crippen LogP contribution < -0.4 is 0 Å². The fourth-order valence-electron chi connectivity index (χ4n) is 2.67. The minimum atomic E-state index is 0.702. The molecule has 0 aliphatic carbocycles. The standard InChI is InChI=1S/C11H12N4.C8H9N3.C4H5Br/c1-3-4-7-15-9-6-13-11(15)10-12-5-8-14(10)2;1-11-6-5-10-8(11)7-3-2-4-9-7;1-2-3-4-5/h1,5-6,8-9H,4,7H2,2H3;2,4-6H,3H2,1H3;1H,3-4H2. The van der Waals surface area contributed by atoms with Crippen molar-refractivity contribution in [2.45, 2.75) is 25.8 Å². The number of aliphatic imine (C=N–C) groups is 1. The van der Waals surface area contributed by atoms with Crippen LogP contribution in [0.1, 0.15) is 25.1 Å². The minimum Gasteiger partial charge on any atom is -0.333 e. The van der Waals surface area contributed by atoms with Crippen LogP contribution in [-0.4, -0.2) is 39.7 Å².